The number of amides is 1. The van der Waals surface area contributed by atoms with E-state index >= 15 is 0 Å². The first-order valence-electron chi connectivity index (χ1n) is 10.7. The molecule has 0 saturated heterocycles. The largest absolute Gasteiger partial charge is 0.416 e. The van der Waals surface area contributed by atoms with Crippen LogP contribution in [0.5, 0.6) is 0 Å². The molecule has 1 heterocycles. The number of anilines is 1. The van der Waals surface area contributed by atoms with E-state index in [1.165, 1.54) is 6.07 Å². The van der Waals surface area contributed by atoms with Crippen LogP contribution < -0.4 is 5.32 Å². The van der Waals surface area contributed by atoms with Crippen LogP contribution in [0.1, 0.15) is 39.9 Å². The van der Waals surface area contributed by atoms with Crippen molar-refractivity contribution in [3.05, 3.63) is 107 Å². The molecule has 0 spiro atoms. The molecule has 34 heavy (non-hydrogen) atoms. The number of imidazole rings is 1. The standard InChI is InChI=1S/C27H20F3N3O/c1-16(21-7-4-8-24-25(21)32-15-31-24)22-14-20(27(28,29)30)11-12-23(22)33-26(34)19-10-9-17-5-2-3-6-18(17)13-19/h2-16H,1H3,(H,31,32)(H,33,34)/t16-/m1/s1. The van der Waals surface area contributed by atoms with Crippen molar-refractivity contribution in [1.29, 1.82) is 0 Å². The first kappa shape index (κ1) is 21.7. The topological polar surface area (TPSA) is 57.8 Å². The number of alkyl halides is 3. The minimum absolute atomic E-state index is 0.325. The summed E-state index contributed by atoms with van der Waals surface area (Å²) >= 11 is 0. The number of H-pyrrole nitrogens is 1. The smallest absolute Gasteiger partial charge is 0.345 e. The maximum absolute atomic E-state index is 13.5. The van der Waals surface area contributed by atoms with Crippen molar-refractivity contribution in [2.24, 2.45) is 0 Å². The Bertz CT molecular complexity index is 1520. The highest BCUT2D eigenvalue weighted by Crippen LogP contribution is 2.38. The van der Waals surface area contributed by atoms with Crippen LogP contribution in [-0.4, -0.2) is 15.9 Å². The second kappa shape index (κ2) is 8.33. The van der Waals surface area contributed by atoms with E-state index in [0.717, 1.165) is 34.0 Å². The quantitative estimate of drug-likeness (QED) is 0.300. The number of halogens is 3. The van der Waals surface area contributed by atoms with Gasteiger partial charge in [0.2, 0.25) is 0 Å². The lowest BCUT2D eigenvalue weighted by molar-refractivity contribution is -0.137. The van der Waals surface area contributed by atoms with Gasteiger partial charge in [0, 0.05) is 17.2 Å². The fraction of sp³-hybridized carbons (Fsp3) is 0.111. The molecule has 1 atom stereocenters. The molecule has 4 nitrogen and oxygen atoms in total. The molecule has 0 fully saturated rings. The highest BCUT2D eigenvalue weighted by molar-refractivity contribution is 6.07. The van der Waals surface area contributed by atoms with Gasteiger partial charge in [-0.25, -0.2) is 4.98 Å². The maximum Gasteiger partial charge on any atom is 0.416 e. The van der Waals surface area contributed by atoms with Gasteiger partial charge < -0.3 is 10.3 Å². The normalized spacial score (nSPS) is 12.7. The number of aromatic nitrogens is 2. The zero-order chi connectivity index (χ0) is 23.9. The Hall–Kier alpha value is -4.13. The third kappa shape index (κ3) is 4.01. The van der Waals surface area contributed by atoms with Crippen molar-refractivity contribution in [3.63, 3.8) is 0 Å². The van der Waals surface area contributed by atoms with E-state index in [-0.39, 0.29) is 0 Å². The number of fused-ring (bicyclic) bond motifs is 2. The van der Waals surface area contributed by atoms with Crippen molar-refractivity contribution in [2.45, 2.75) is 19.0 Å². The van der Waals surface area contributed by atoms with Crippen LogP contribution in [0.25, 0.3) is 21.8 Å². The molecule has 5 aromatic rings. The summed E-state index contributed by atoms with van der Waals surface area (Å²) in [6, 6.07) is 21.9. The zero-order valence-electron chi connectivity index (χ0n) is 18.1. The number of rotatable bonds is 4. The van der Waals surface area contributed by atoms with Gasteiger partial charge in [0.15, 0.2) is 0 Å². The molecule has 1 aromatic heterocycles. The Morgan fingerprint density at radius 3 is 2.50 bits per heavy atom. The highest BCUT2D eigenvalue weighted by atomic mass is 19.4. The fourth-order valence-electron chi connectivity index (χ4n) is 4.24. The molecule has 170 valence electrons. The van der Waals surface area contributed by atoms with E-state index < -0.39 is 23.6 Å². The van der Waals surface area contributed by atoms with Crippen molar-refractivity contribution in [2.75, 3.05) is 5.32 Å². The molecule has 5 rings (SSSR count). The number of nitrogens with one attached hydrogen (secondary N) is 2. The van der Waals surface area contributed by atoms with Gasteiger partial charge in [-0.05, 0) is 58.3 Å². The van der Waals surface area contributed by atoms with Crippen LogP contribution in [0.3, 0.4) is 0 Å². The lowest BCUT2D eigenvalue weighted by Crippen LogP contribution is -2.15. The molecular weight excluding hydrogens is 439 g/mol. The van der Waals surface area contributed by atoms with Crippen LogP contribution in [0, 0.1) is 0 Å². The van der Waals surface area contributed by atoms with Gasteiger partial charge in [0.05, 0.1) is 22.9 Å². The minimum Gasteiger partial charge on any atom is -0.345 e. The van der Waals surface area contributed by atoms with E-state index in [2.05, 4.69) is 15.3 Å². The summed E-state index contributed by atoms with van der Waals surface area (Å²) < 4.78 is 40.6. The molecular formula is C27H20F3N3O. The number of hydrogen-bond acceptors (Lipinski definition) is 2. The SMILES string of the molecule is C[C@@H](c1cc(C(F)(F)F)ccc1NC(=O)c1ccc2ccccc2c1)c1cccc2[nH]cnc12. The Balaban J connectivity index is 1.56. The van der Waals surface area contributed by atoms with E-state index in [4.69, 9.17) is 0 Å². The van der Waals surface area contributed by atoms with Crippen LogP contribution in [0.15, 0.2) is 85.2 Å². The van der Waals surface area contributed by atoms with E-state index in [0.29, 0.717) is 22.3 Å². The molecule has 0 bridgehead atoms. The Morgan fingerprint density at radius 2 is 1.71 bits per heavy atom. The number of benzene rings is 4. The van der Waals surface area contributed by atoms with Crippen molar-refractivity contribution >= 4 is 33.4 Å². The summed E-state index contributed by atoms with van der Waals surface area (Å²) in [5.41, 5.74) is 2.57. The van der Waals surface area contributed by atoms with Gasteiger partial charge in [0.1, 0.15) is 0 Å². The van der Waals surface area contributed by atoms with E-state index in [9.17, 15) is 18.0 Å². The van der Waals surface area contributed by atoms with E-state index in [1.807, 2.05) is 55.5 Å². The fourth-order valence-corrected chi connectivity index (χ4v) is 4.24. The second-order valence-electron chi connectivity index (χ2n) is 8.18. The lowest BCUT2D eigenvalue weighted by Gasteiger charge is -2.20. The maximum atomic E-state index is 13.5. The summed E-state index contributed by atoms with van der Waals surface area (Å²) in [4.78, 5) is 20.4. The average molecular weight is 459 g/mol. The summed E-state index contributed by atoms with van der Waals surface area (Å²) in [5, 5.41) is 4.73. The van der Waals surface area contributed by atoms with E-state index in [1.54, 1.807) is 18.5 Å². The predicted octanol–water partition coefficient (Wildman–Crippen LogP) is 7.14. The Kier molecular flexibility index (Phi) is 5.32. The van der Waals surface area contributed by atoms with Gasteiger partial charge in [-0.15, -0.1) is 0 Å². The second-order valence-corrected chi connectivity index (χ2v) is 8.18. The molecule has 0 aliphatic carbocycles. The van der Waals surface area contributed by atoms with Crippen LogP contribution in [-0.2, 0) is 6.18 Å². The molecule has 1 amide bonds. The van der Waals surface area contributed by atoms with Crippen molar-refractivity contribution < 1.29 is 18.0 Å². The van der Waals surface area contributed by atoms with Crippen molar-refractivity contribution in [3.8, 4) is 0 Å². The van der Waals surface area contributed by atoms with Gasteiger partial charge in [0.25, 0.3) is 5.91 Å². The highest BCUT2D eigenvalue weighted by Gasteiger charge is 2.32. The number of nitrogens with zero attached hydrogens (tertiary/aromatic N) is 1. The van der Waals surface area contributed by atoms with Gasteiger partial charge in [-0.2, -0.15) is 13.2 Å². The first-order valence-corrected chi connectivity index (χ1v) is 10.7. The molecule has 0 aliphatic rings. The predicted molar refractivity (Wildman–Crippen MR) is 127 cm³/mol. The number of hydrogen-bond donors (Lipinski definition) is 2. The summed E-state index contributed by atoms with van der Waals surface area (Å²) in [7, 11) is 0. The molecule has 0 radical (unpaired) electrons. The summed E-state index contributed by atoms with van der Waals surface area (Å²) in [6.45, 7) is 1.81. The monoisotopic (exact) mass is 459 g/mol. The van der Waals surface area contributed by atoms with Gasteiger partial charge in [-0.3, -0.25) is 4.79 Å². The number of carbonyl (C=O) groups is 1. The molecule has 4 aromatic carbocycles. The first-order chi connectivity index (χ1) is 16.3. The van der Waals surface area contributed by atoms with Crippen LogP contribution >= 0.6 is 0 Å². The zero-order valence-corrected chi connectivity index (χ0v) is 18.1. The average Bonchev–Trinajstić information content (AvgIpc) is 3.32. The number of aromatic amines is 1. The third-order valence-corrected chi connectivity index (χ3v) is 6.05. The lowest BCUT2D eigenvalue weighted by atomic mass is 9.89. The third-order valence-electron chi connectivity index (χ3n) is 6.05. The molecule has 2 N–H and O–H groups in total. The van der Waals surface area contributed by atoms with Crippen LogP contribution in [0.2, 0.25) is 0 Å². The van der Waals surface area contributed by atoms with Gasteiger partial charge in [-0.1, -0.05) is 49.4 Å². The summed E-state index contributed by atoms with van der Waals surface area (Å²) in [6.07, 6.45) is -2.96. The molecule has 0 aliphatic heterocycles. The minimum atomic E-state index is -4.51. The number of para-hydroxylation sites is 1. The molecule has 0 saturated carbocycles. The molecule has 7 heteroatoms. The number of carbonyl (C=O) groups excluding carboxylic acids is 1. The molecule has 0 unspecified atom stereocenters. The summed E-state index contributed by atoms with van der Waals surface area (Å²) in [5.74, 6) is -0.849. The Labute approximate surface area is 193 Å². The van der Waals surface area contributed by atoms with Gasteiger partial charge >= 0.3 is 6.18 Å². The Morgan fingerprint density at radius 1 is 0.912 bits per heavy atom. The van der Waals surface area contributed by atoms with Crippen LogP contribution in [0.4, 0.5) is 18.9 Å². The van der Waals surface area contributed by atoms with Crippen molar-refractivity contribution in [1.82, 2.24) is 9.97 Å².